The Hall–Kier alpha value is -2.04. The number of likely N-dealkylation sites (tertiary alicyclic amines) is 1. The van der Waals surface area contributed by atoms with Gasteiger partial charge in [0.2, 0.25) is 0 Å². The number of amides is 2. The topological polar surface area (TPSA) is 69.6 Å². The SMILES string of the molecule is CC1CC(C)CN(C(=O)Nc2cccc(C(=O)O)c2)C1. The molecule has 2 amide bonds. The number of carbonyl (C=O) groups is 2. The number of aromatic carboxylic acids is 1. The Morgan fingerprint density at radius 1 is 1.25 bits per heavy atom. The van der Waals surface area contributed by atoms with Crippen LogP contribution in [0.1, 0.15) is 30.6 Å². The van der Waals surface area contributed by atoms with E-state index in [-0.39, 0.29) is 11.6 Å². The lowest BCUT2D eigenvalue weighted by atomic mass is 9.92. The van der Waals surface area contributed by atoms with E-state index in [1.807, 2.05) is 0 Å². The normalized spacial score (nSPS) is 22.4. The summed E-state index contributed by atoms with van der Waals surface area (Å²) in [6.07, 6.45) is 1.14. The van der Waals surface area contributed by atoms with E-state index in [1.165, 1.54) is 12.1 Å². The van der Waals surface area contributed by atoms with E-state index in [9.17, 15) is 9.59 Å². The number of benzene rings is 1. The van der Waals surface area contributed by atoms with Crippen LogP contribution >= 0.6 is 0 Å². The van der Waals surface area contributed by atoms with Crippen molar-refractivity contribution in [1.29, 1.82) is 0 Å². The smallest absolute Gasteiger partial charge is 0.335 e. The Morgan fingerprint density at radius 3 is 2.50 bits per heavy atom. The van der Waals surface area contributed by atoms with Crippen molar-refractivity contribution in [3.8, 4) is 0 Å². The molecule has 2 N–H and O–H groups in total. The van der Waals surface area contributed by atoms with Crippen molar-refractivity contribution in [3.63, 3.8) is 0 Å². The van der Waals surface area contributed by atoms with Crippen LogP contribution in [0.25, 0.3) is 0 Å². The van der Waals surface area contributed by atoms with Gasteiger partial charge in [0.1, 0.15) is 0 Å². The van der Waals surface area contributed by atoms with Gasteiger partial charge in [-0.2, -0.15) is 0 Å². The Balaban J connectivity index is 2.04. The summed E-state index contributed by atoms with van der Waals surface area (Å²) >= 11 is 0. The van der Waals surface area contributed by atoms with Crippen LogP contribution in [-0.2, 0) is 0 Å². The number of nitrogens with one attached hydrogen (secondary N) is 1. The lowest BCUT2D eigenvalue weighted by Gasteiger charge is -2.34. The number of piperidine rings is 1. The molecule has 108 valence electrons. The number of rotatable bonds is 2. The molecule has 0 spiro atoms. The van der Waals surface area contributed by atoms with Gasteiger partial charge in [-0.1, -0.05) is 19.9 Å². The average Bonchev–Trinajstić information content (AvgIpc) is 2.37. The van der Waals surface area contributed by atoms with Crippen LogP contribution in [-0.4, -0.2) is 35.1 Å². The molecular weight excluding hydrogens is 256 g/mol. The Morgan fingerprint density at radius 2 is 1.90 bits per heavy atom. The third-order valence-corrected chi connectivity index (χ3v) is 3.52. The minimum atomic E-state index is -0.999. The Kier molecular flexibility index (Phi) is 4.27. The van der Waals surface area contributed by atoms with E-state index in [2.05, 4.69) is 19.2 Å². The molecule has 0 radical (unpaired) electrons. The second-order valence-corrected chi connectivity index (χ2v) is 5.67. The molecular formula is C15H20N2O3. The van der Waals surface area contributed by atoms with Crippen LogP contribution in [0.3, 0.4) is 0 Å². The highest BCUT2D eigenvalue weighted by atomic mass is 16.4. The van der Waals surface area contributed by atoms with Crippen molar-refractivity contribution >= 4 is 17.7 Å². The average molecular weight is 276 g/mol. The van der Waals surface area contributed by atoms with Crippen LogP contribution in [0.5, 0.6) is 0 Å². The molecule has 2 atom stereocenters. The maximum Gasteiger partial charge on any atom is 0.335 e. The molecule has 5 heteroatoms. The Bertz CT molecular complexity index is 506. The van der Waals surface area contributed by atoms with Gasteiger partial charge in [-0.25, -0.2) is 9.59 Å². The van der Waals surface area contributed by atoms with Crippen molar-refractivity contribution in [1.82, 2.24) is 4.90 Å². The van der Waals surface area contributed by atoms with Gasteiger partial charge in [-0.3, -0.25) is 0 Å². The first kappa shape index (κ1) is 14.4. The molecule has 0 aromatic heterocycles. The second-order valence-electron chi connectivity index (χ2n) is 5.67. The molecule has 2 unspecified atom stereocenters. The quantitative estimate of drug-likeness (QED) is 0.872. The van der Waals surface area contributed by atoms with Crippen LogP contribution in [0.4, 0.5) is 10.5 Å². The molecule has 1 aliphatic heterocycles. The van der Waals surface area contributed by atoms with Gasteiger partial charge in [0.15, 0.2) is 0 Å². The number of hydrogen-bond acceptors (Lipinski definition) is 2. The minimum Gasteiger partial charge on any atom is -0.478 e. The number of carboxylic acids is 1. The predicted octanol–water partition coefficient (Wildman–Crippen LogP) is 2.89. The van der Waals surface area contributed by atoms with Crippen molar-refractivity contribution in [2.75, 3.05) is 18.4 Å². The first-order valence-corrected chi connectivity index (χ1v) is 6.85. The molecule has 1 heterocycles. The maximum atomic E-state index is 12.2. The zero-order valence-corrected chi connectivity index (χ0v) is 11.8. The molecule has 0 saturated carbocycles. The fourth-order valence-corrected chi connectivity index (χ4v) is 2.76. The number of carbonyl (C=O) groups excluding carboxylic acids is 1. The van der Waals surface area contributed by atoms with Gasteiger partial charge >= 0.3 is 12.0 Å². The largest absolute Gasteiger partial charge is 0.478 e. The second kappa shape index (κ2) is 5.94. The lowest BCUT2D eigenvalue weighted by Crippen LogP contribution is -2.44. The molecule has 1 fully saturated rings. The monoisotopic (exact) mass is 276 g/mol. The van der Waals surface area contributed by atoms with Crippen molar-refractivity contribution in [2.24, 2.45) is 11.8 Å². The number of nitrogens with zero attached hydrogens (tertiary/aromatic N) is 1. The van der Waals surface area contributed by atoms with Crippen molar-refractivity contribution in [3.05, 3.63) is 29.8 Å². The van der Waals surface area contributed by atoms with Gasteiger partial charge in [0.05, 0.1) is 5.56 Å². The summed E-state index contributed by atoms with van der Waals surface area (Å²) in [5, 5.41) is 11.7. The summed E-state index contributed by atoms with van der Waals surface area (Å²) in [7, 11) is 0. The molecule has 20 heavy (non-hydrogen) atoms. The molecule has 1 aromatic rings. The van der Waals surface area contributed by atoms with E-state index in [1.54, 1.807) is 17.0 Å². The highest BCUT2D eigenvalue weighted by Gasteiger charge is 2.25. The zero-order chi connectivity index (χ0) is 14.7. The summed E-state index contributed by atoms with van der Waals surface area (Å²) in [5.74, 6) is -0.00831. The van der Waals surface area contributed by atoms with Crippen molar-refractivity contribution < 1.29 is 14.7 Å². The van der Waals surface area contributed by atoms with Gasteiger partial charge < -0.3 is 15.3 Å². The predicted molar refractivity (Wildman–Crippen MR) is 76.9 cm³/mol. The summed E-state index contributed by atoms with van der Waals surface area (Å²) in [5.41, 5.74) is 0.684. The first-order chi connectivity index (χ1) is 9.45. The van der Waals surface area contributed by atoms with E-state index >= 15 is 0 Å². The van der Waals surface area contributed by atoms with Crippen LogP contribution < -0.4 is 5.32 Å². The van der Waals surface area contributed by atoms with Crippen LogP contribution in [0.2, 0.25) is 0 Å². The van der Waals surface area contributed by atoms with Crippen LogP contribution in [0.15, 0.2) is 24.3 Å². The van der Waals surface area contributed by atoms with Gasteiger partial charge in [-0.15, -0.1) is 0 Å². The molecule has 1 aliphatic rings. The number of urea groups is 1. The van der Waals surface area contributed by atoms with Gasteiger partial charge in [0.25, 0.3) is 0 Å². The van der Waals surface area contributed by atoms with E-state index in [4.69, 9.17) is 5.11 Å². The summed E-state index contributed by atoms with van der Waals surface area (Å²) < 4.78 is 0. The molecule has 5 nitrogen and oxygen atoms in total. The van der Waals surface area contributed by atoms with Gasteiger partial charge in [-0.05, 0) is 36.5 Å². The molecule has 2 rings (SSSR count). The summed E-state index contributed by atoms with van der Waals surface area (Å²) in [4.78, 5) is 24.9. The van der Waals surface area contributed by atoms with E-state index in [0.29, 0.717) is 17.5 Å². The Labute approximate surface area is 118 Å². The van der Waals surface area contributed by atoms with Gasteiger partial charge in [0, 0.05) is 18.8 Å². The van der Waals surface area contributed by atoms with E-state index < -0.39 is 5.97 Å². The molecule has 1 aromatic carbocycles. The summed E-state index contributed by atoms with van der Waals surface area (Å²) in [6, 6.07) is 6.13. The van der Waals surface area contributed by atoms with Crippen LogP contribution in [0, 0.1) is 11.8 Å². The highest BCUT2D eigenvalue weighted by molar-refractivity contribution is 5.93. The molecule has 0 bridgehead atoms. The molecule has 0 aliphatic carbocycles. The number of hydrogen-bond donors (Lipinski definition) is 2. The maximum absolute atomic E-state index is 12.2. The number of carboxylic acid groups (broad SMARTS) is 1. The third kappa shape index (κ3) is 3.50. The standard InChI is InChI=1S/C15H20N2O3/c1-10-6-11(2)9-17(8-10)15(20)16-13-5-3-4-12(7-13)14(18)19/h3-5,7,10-11H,6,8-9H2,1-2H3,(H,16,20)(H,18,19). The number of anilines is 1. The zero-order valence-electron chi connectivity index (χ0n) is 11.8. The van der Waals surface area contributed by atoms with E-state index in [0.717, 1.165) is 19.5 Å². The summed E-state index contributed by atoms with van der Waals surface area (Å²) in [6.45, 7) is 5.77. The minimum absolute atomic E-state index is 0.161. The first-order valence-electron chi connectivity index (χ1n) is 6.85. The third-order valence-electron chi connectivity index (χ3n) is 3.52. The van der Waals surface area contributed by atoms with Crippen molar-refractivity contribution in [2.45, 2.75) is 20.3 Å². The fraction of sp³-hybridized carbons (Fsp3) is 0.467. The lowest BCUT2D eigenvalue weighted by molar-refractivity contribution is 0.0697. The fourth-order valence-electron chi connectivity index (χ4n) is 2.76. The molecule has 1 saturated heterocycles. The highest BCUT2D eigenvalue weighted by Crippen LogP contribution is 2.21.